The van der Waals surface area contributed by atoms with E-state index in [0.717, 1.165) is 6.42 Å². The van der Waals surface area contributed by atoms with Crippen molar-refractivity contribution < 1.29 is 0 Å². The highest BCUT2D eigenvalue weighted by Gasteiger charge is 2.16. The minimum atomic E-state index is 0.257. The molecule has 0 amide bonds. The van der Waals surface area contributed by atoms with Crippen molar-refractivity contribution in [1.29, 1.82) is 0 Å². The SMILES string of the molecule is CCc1ccc(C(C)C(C)C(N)=S)cc1. The van der Waals surface area contributed by atoms with E-state index in [1.165, 1.54) is 11.1 Å². The predicted molar refractivity (Wildman–Crippen MR) is 70.2 cm³/mol. The van der Waals surface area contributed by atoms with E-state index in [9.17, 15) is 0 Å². The van der Waals surface area contributed by atoms with Gasteiger partial charge in [0.2, 0.25) is 0 Å². The van der Waals surface area contributed by atoms with Crippen LogP contribution in [0.2, 0.25) is 0 Å². The van der Waals surface area contributed by atoms with Crippen LogP contribution < -0.4 is 5.73 Å². The second-order valence-electron chi connectivity index (χ2n) is 4.07. The van der Waals surface area contributed by atoms with Gasteiger partial charge in [-0.15, -0.1) is 0 Å². The molecule has 0 bridgehead atoms. The Morgan fingerprint density at radius 3 is 2.20 bits per heavy atom. The lowest BCUT2D eigenvalue weighted by Gasteiger charge is -2.19. The lowest BCUT2D eigenvalue weighted by atomic mass is 9.88. The molecule has 2 heteroatoms. The summed E-state index contributed by atoms with van der Waals surface area (Å²) in [5.74, 6) is 0.654. The molecule has 15 heavy (non-hydrogen) atoms. The summed E-state index contributed by atoms with van der Waals surface area (Å²) in [7, 11) is 0. The van der Waals surface area contributed by atoms with Gasteiger partial charge in [-0.25, -0.2) is 0 Å². The van der Waals surface area contributed by atoms with E-state index < -0.39 is 0 Å². The summed E-state index contributed by atoms with van der Waals surface area (Å²) in [5.41, 5.74) is 8.34. The second kappa shape index (κ2) is 5.26. The van der Waals surface area contributed by atoms with E-state index in [1.807, 2.05) is 0 Å². The third-order valence-electron chi connectivity index (χ3n) is 3.11. The zero-order valence-electron chi connectivity index (χ0n) is 9.66. The highest BCUT2D eigenvalue weighted by atomic mass is 32.1. The fourth-order valence-electron chi connectivity index (χ4n) is 1.59. The molecule has 0 fully saturated rings. The summed E-state index contributed by atoms with van der Waals surface area (Å²) in [6, 6.07) is 8.72. The summed E-state index contributed by atoms with van der Waals surface area (Å²) in [6.45, 7) is 6.42. The van der Waals surface area contributed by atoms with E-state index in [4.69, 9.17) is 18.0 Å². The van der Waals surface area contributed by atoms with Crippen LogP contribution in [0.4, 0.5) is 0 Å². The Morgan fingerprint density at radius 1 is 1.27 bits per heavy atom. The second-order valence-corrected chi connectivity index (χ2v) is 4.55. The van der Waals surface area contributed by atoms with Crippen molar-refractivity contribution in [2.24, 2.45) is 11.7 Å². The minimum Gasteiger partial charge on any atom is -0.393 e. The average molecular weight is 221 g/mol. The molecule has 82 valence electrons. The number of nitrogens with two attached hydrogens (primary N) is 1. The molecule has 2 atom stereocenters. The van der Waals surface area contributed by atoms with E-state index >= 15 is 0 Å². The van der Waals surface area contributed by atoms with E-state index in [0.29, 0.717) is 10.9 Å². The monoisotopic (exact) mass is 221 g/mol. The normalized spacial score (nSPS) is 14.6. The fraction of sp³-hybridized carbons (Fsp3) is 0.462. The van der Waals surface area contributed by atoms with E-state index in [1.54, 1.807) is 0 Å². The third-order valence-corrected chi connectivity index (χ3v) is 3.48. The summed E-state index contributed by atoms with van der Waals surface area (Å²) >= 11 is 5.02. The lowest BCUT2D eigenvalue weighted by Crippen LogP contribution is -2.23. The molecule has 0 saturated heterocycles. The number of hydrogen-bond acceptors (Lipinski definition) is 1. The maximum Gasteiger partial charge on any atom is 0.0761 e. The van der Waals surface area contributed by atoms with Crippen LogP contribution in [0.25, 0.3) is 0 Å². The molecule has 1 rings (SSSR count). The van der Waals surface area contributed by atoms with Gasteiger partial charge in [0.25, 0.3) is 0 Å². The summed E-state index contributed by atoms with van der Waals surface area (Å²) in [4.78, 5) is 0.599. The first-order valence-electron chi connectivity index (χ1n) is 5.44. The van der Waals surface area contributed by atoms with Crippen molar-refractivity contribution >= 4 is 17.2 Å². The first-order valence-corrected chi connectivity index (χ1v) is 5.85. The molecular weight excluding hydrogens is 202 g/mol. The molecule has 1 aromatic carbocycles. The Labute approximate surface area is 97.7 Å². The quantitative estimate of drug-likeness (QED) is 0.790. The molecule has 2 N–H and O–H groups in total. The number of rotatable bonds is 4. The molecule has 1 aromatic rings. The zero-order valence-corrected chi connectivity index (χ0v) is 10.5. The highest BCUT2D eigenvalue weighted by Crippen LogP contribution is 2.24. The summed E-state index contributed by atoms with van der Waals surface area (Å²) in [6.07, 6.45) is 1.08. The maximum absolute atomic E-state index is 5.66. The standard InChI is InChI=1S/C13H19NS/c1-4-11-5-7-12(8-6-11)9(2)10(3)13(14)15/h5-10H,4H2,1-3H3,(H2,14,15). The minimum absolute atomic E-state index is 0.257. The molecule has 0 heterocycles. The van der Waals surface area contributed by atoms with Crippen LogP contribution in [0.1, 0.15) is 37.8 Å². The molecule has 0 saturated carbocycles. The van der Waals surface area contributed by atoms with Crippen LogP contribution in [0.3, 0.4) is 0 Å². The predicted octanol–water partition coefficient (Wildman–Crippen LogP) is 3.27. The van der Waals surface area contributed by atoms with Crippen LogP contribution in [-0.4, -0.2) is 4.99 Å². The van der Waals surface area contributed by atoms with Gasteiger partial charge in [-0.3, -0.25) is 0 Å². The first-order chi connectivity index (χ1) is 7.06. The molecular formula is C13H19NS. The Kier molecular flexibility index (Phi) is 4.28. The van der Waals surface area contributed by atoms with Crippen LogP contribution in [-0.2, 0) is 6.42 Å². The molecule has 0 radical (unpaired) electrons. The first kappa shape index (κ1) is 12.2. The molecule has 2 unspecified atom stereocenters. The van der Waals surface area contributed by atoms with Gasteiger partial charge < -0.3 is 5.73 Å². The molecule has 0 aliphatic rings. The molecule has 0 aliphatic heterocycles. The van der Waals surface area contributed by atoms with Crippen molar-refractivity contribution in [2.75, 3.05) is 0 Å². The Bertz CT molecular complexity index is 329. The zero-order chi connectivity index (χ0) is 11.4. The van der Waals surface area contributed by atoms with Crippen molar-refractivity contribution in [3.63, 3.8) is 0 Å². The van der Waals surface area contributed by atoms with Crippen LogP contribution in [0.5, 0.6) is 0 Å². The Morgan fingerprint density at radius 2 is 1.80 bits per heavy atom. The van der Waals surface area contributed by atoms with E-state index in [2.05, 4.69) is 45.0 Å². The molecule has 0 spiro atoms. The smallest absolute Gasteiger partial charge is 0.0761 e. The van der Waals surface area contributed by atoms with Gasteiger partial charge in [0.15, 0.2) is 0 Å². The van der Waals surface area contributed by atoms with Crippen LogP contribution >= 0.6 is 12.2 Å². The number of aryl methyl sites for hydroxylation is 1. The average Bonchev–Trinajstić information content (AvgIpc) is 2.27. The Balaban J connectivity index is 2.82. The highest BCUT2D eigenvalue weighted by molar-refractivity contribution is 7.80. The number of benzene rings is 1. The lowest BCUT2D eigenvalue weighted by molar-refractivity contribution is 0.626. The van der Waals surface area contributed by atoms with Crippen LogP contribution in [0.15, 0.2) is 24.3 Å². The van der Waals surface area contributed by atoms with Crippen molar-refractivity contribution in [2.45, 2.75) is 33.1 Å². The van der Waals surface area contributed by atoms with Gasteiger partial charge in [-0.1, -0.05) is 57.3 Å². The largest absolute Gasteiger partial charge is 0.393 e. The third kappa shape index (κ3) is 3.03. The van der Waals surface area contributed by atoms with Crippen molar-refractivity contribution in [3.05, 3.63) is 35.4 Å². The topological polar surface area (TPSA) is 26.0 Å². The number of hydrogen-bond donors (Lipinski definition) is 1. The van der Waals surface area contributed by atoms with Crippen molar-refractivity contribution in [3.8, 4) is 0 Å². The van der Waals surface area contributed by atoms with Gasteiger partial charge in [0.05, 0.1) is 4.99 Å². The number of thiocarbonyl (C=S) groups is 1. The molecule has 0 aliphatic carbocycles. The van der Waals surface area contributed by atoms with Gasteiger partial charge in [0.1, 0.15) is 0 Å². The van der Waals surface area contributed by atoms with Gasteiger partial charge in [-0.05, 0) is 23.5 Å². The van der Waals surface area contributed by atoms with Crippen LogP contribution in [0, 0.1) is 5.92 Å². The maximum atomic E-state index is 5.66. The van der Waals surface area contributed by atoms with Gasteiger partial charge in [0, 0.05) is 5.92 Å². The molecule has 1 nitrogen and oxygen atoms in total. The van der Waals surface area contributed by atoms with Gasteiger partial charge in [-0.2, -0.15) is 0 Å². The summed E-state index contributed by atoms with van der Waals surface area (Å²) < 4.78 is 0. The van der Waals surface area contributed by atoms with Gasteiger partial charge >= 0.3 is 0 Å². The summed E-state index contributed by atoms with van der Waals surface area (Å²) in [5, 5.41) is 0. The van der Waals surface area contributed by atoms with Crippen molar-refractivity contribution in [1.82, 2.24) is 0 Å². The Hall–Kier alpha value is -0.890. The van der Waals surface area contributed by atoms with E-state index in [-0.39, 0.29) is 5.92 Å². The fourth-order valence-corrected chi connectivity index (χ4v) is 1.80. The molecule has 0 aromatic heterocycles.